The Hall–Kier alpha value is -2.74. The molecule has 0 aliphatic rings. The van der Waals surface area contributed by atoms with Gasteiger partial charge in [-0.2, -0.15) is 0 Å². The molecule has 1 N–H and O–H groups in total. The predicted molar refractivity (Wildman–Crippen MR) is 112 cm³/mol. The zero-order chi connectivity index (χ0) is 21.2. The van der Waals surface area contributed by atoms with Crippen LogP contribution >= 0.6 is 0 Å². The van der Waals surface area contributed by atoms with Crippen LogP contribution < -0.4 is 5.32 Å². The minimum Gasteiger partial charge on any atom is -0.444 e. The van der Waals surface area contributed by atoms with Gasteiger partial charge in [0, 0.05) is 19.3 Å². The Morgan fingerprint density at radius 1 is 1.17 bits per heavy atom. The van der Waals surface area contributed by atoms with E-state index in [2.05, 4.69) is 19.9 Å². The number of carbonyl (C=O) groups excluding carboxylic acids is 1. The van der Waals surface area contributed by atoms with Gasteiger partial charge in [-0.05, 0) is 53.7 Å². The average molecular weight is 399 g/mol. The van der Waals surface area contributed by atoms with Crippen LogP contribution in [0.4, 0.5) is 4.79 Å². The monoisotopic (exact) mass is 399 g/mol. The number of ether oxygens (including phenoxy) is 2. The summed E-state index contributed by atoms with van der Waals surface area (Å²) in [6.45, 7) is 12.8. The number of rotatable bonds is 6. The Morgan fingerprint density at radius 2 is 1.93 bits per heavy atom. The van der Waals surface area contributed by atoms with Gasteiger partial charge in [-0.3, -0.25) is 9.97 Å². The zero-order valence-electron chi connectivity index (χ0n) is 17.9. The number of nitrogens with zero attached hydrogens (tertiary/aromatic N) is 4. The average Bonchev–Trinajstić information content (AvgIpc) is 2.95. The van der Waals surface area contributed by atoms with E-state index < -0.39 is 17.2 Å². The first-order valence-corrected chi connectivity index (χ1v) is 9.77. The minimum atomic E-state index is -0.596. The van der Waals surface area contributed by atoms with E-state index in [1.54, 1.807) is 12.4 Å². The Balaban J connectivity index is 2.01. The molecule has 8 nitrogen and oxygen atoms in total. The molecule has 0 fully saturated rings. The van der Waals surface area contributed by atoms with Crippen LogP contribution in [-0.2, 0) is 22.6 Å². The number of nitrogens with one attached hydrogen (secondary N) is 1. The third kappa shape index (κ3) is 5.00. The molecule has 0 aliphatic heterocycles. The summed E-state index contributed by atoms with van der Waals surface area (Å²) in [5.74, 6) is 0.765. The normalized spacial score (nSPS) is 12.5. The molecule has 0 aromatic carbocycles. The molecule has 0 bridgehead atoms. The molecule has 0 unspecified atom stereocenters. The number of carbonyl (C=O) groups is 1. The first kappa shape index (κ1) is 21.0. The van der Waals surface area contributed by atoms with E-state index in [-0.39, 0.29) is 0 Å². The molecule has 0 aliphatic carbocycles. The molecule has 3 aromatic heterocycles. The molecule has 29 heavy (non-hydrogen) atoms. The van der Waals surface area contributed by atoms with Gasteiger partial charge in [-0.25, -0.2) is 9.78 Å². The van der Waals surface area contributed by atoms with E-state index >= 15 is 0 Å². The topological polar surface area (TPSA) is 91.2 Å². The maximum Gasteiger partial charge on any atom is 0.408 e. The van der Waals surface area contributed by atoms with Crippen molar-refractivity contribution in [3.05, 3.63) is 30.4 Å². The second kappa shape index (κ2) is 7.94. The van der Waals surface area contributed by atoms with Gasteiger partial charge in [-0.1, -0.05) is 0 Å². The lowest BCUT2D eigenvalue weighted by Crippen LogP contribution is -2.48. The summed E-state index contributed by atoms with van der Waals surface area (Å²) in [6, 6.07) is 3.78. The fourth-order valence-electron chi connectivity index (χ4n) is 3.16. The smallest absolute Gasteiger partial charge is 0.408 e. The maximum atomic E-state index is 12.3. The van der Waals surface area contributed by atoms with Crippen LogP contribution in [0.5, 0.6) is 0 Å². The molecule has 0 radical (unpaired) electrons. The van der Waals surface area contributed by atoms with Crippen molar-refractivity contribution in [1.29, 1.82) is 0 Å². The van der Waals surface area contributed by atoms with Crippen molar-refractivity contribution >= 4 is 28.2 Å². The lowest BCUT2D eigenvalue weighted by molar-refractivity contribution is 0.0462. The number of amides is 1. The lowest BCUT2D eigenvalue weighted by Gasteiger charge is -2.29. The highest BCUT2D eigenvalue weighted by Crippen LogP contribution is 2.25. The highest BCUT2D eigenvalue weighted by molar-refractivity contribution is 5.99. The molecule has 0 atom stereocenters. The second-order valence-corrected chi connectivity index (χ2v) is 8.63. The van der Waals surface area contributed by atoms with E-state index in [1.165, 1.54) is 0 Å². The van der Waals surface area contributed by atoms with Crippen LogP contribution in [0.15, 0.2) is 24.5 Å². The molecule has 0 spiro atoms. The van der Waals surface area contributed by atoms with E-state index in [0.717, 1.165) is 27.9 Å². The third-order valence-electron chi connectivity index (χ3n) is 4.24. The van der Waals surface area contributed by atoms with Gasteiger partial charge in [0.1, 0.15) is 29.1 Å². The number of alkyl carbamates (subject to hydrolysis) is 1. The van der Waals surface area contributed by atoms with Crippen molar-refractivity contribution in [2.45, 2.75) is 65.8 Å². The number of aromatic nitrogens is 4. The predicted octanol–water partition coefficient (Wildman–Crippen LogP) is 3.82. The van der Waals surface area contributed by atoms with Crippen molar-refractivity contribution in [1.82, 2.24) is 24.8 Å². The summed E-state index contributed by atoms with van der Waals surface area (Å²) < 4.78 is 13.1. The van der Waals surface area contributed by atoms with Gasteiger partial charge < -0.3 is 19.4 Å². The first-order valence-electron chi connectivity index (χ1n) is 9.77. The van der Waals surface area contributed by atoms with Gasteiger partial charge in [0.25, 0.3) is 0 Å². The van der Waals surface area contributed by atoms with E-state index in [9.17, 15) is 4.79 Å². The van der Waals surface area contributed by atoms with Gasteiger partial charge in [0.2, 0.25) is 0 Å². The van der Waals surface area contributed by atoms with Crippen molar-refractivity contribution in [2.75, 3.05) is 6.61 Å². The Bertz CT molecular complexity index is 1020. The maximum absolute atomic E-state index is 12.3. The largest absolute Gasteiger partial charge is 0.444 e. The fourth-order valence-corrected chi connectivity index (χ4v) is 3.16. The van der Waals surface area contributed by atoms with Crippen molar-refractivity contribution in [2.24, 2.45) is 0 Å². The number of fused-ring (bicyclic) bond motifs is 3. The number of pyridine rings is 2. The van der Waals surface area contributed by atoms with E-state index in [0.29, 0.717) is 19.8 Å². The van der Waals surface area contributed by atoms with Crippen LogP contribution in [0.3, 0.4) is 0 Å². The summed E-state index contributed by atoms with van der Waals surface area (Å²) in [5, 5.41) is 2.96. The quantitative estimate of drug-likeness (QED) is 0.678. The number of hydrogen-bond donors (Lipinski definition) is 1. The first-order chi connectivity index (χ1) is 13.6. The third-order valence-corrected chi connectivity index (χ3v) is 4.24. The standard InChI is InChI=1S/C21H29N5O3/c1-7-28-12-16-24-15-11-23-14-9-8-10-22-17(14)18(15)26(16)13-21(5,6)25-19(27)29-20(2,3)4/h8-11H,7,12-13H2,1-6H3,(H,25,27). The number of imidazole rings is 1. The van der Waals surface area contributed by atoms with Crippen LogP contribution in [0.2, 0.25) is 0 Å². The zero-order valence-corrected chi connectivity index (χ0v) is 17.9. The second-order valence-electron chi connectivity index (χ2n) is 8.63. The summed E-state index contributed by atoms with van der Waals surface area (Å²) in [6.07, 6.45) is 3.04. The highest BCUT2D eigenvalue weighted by Gasteiger charge is 2.27. The minimum absolute atomic E-state index is 0.363. The van der Waals surface area contributed by atoms with Crippen LogP contribution in [-0.4, -0.2) is 43.4 Å². The van der Waals surface area contributed by atoms with Crippen LogP contribution in [0, 0.1) is 0 Å². The summed E-state index contributed by atoms with van der Waals surface area (Å²) >= 11 is 0. The van der Waals surface area contributed by atoms with Crippen molar-refractivity contribution in [3.63, 3.8) is 0 Å². The molecule has 8 heteroatoms. The van der Waals surface area contributed by atoms with Crippen molar-refractivity contribution < 1.29 is 14.3 Å². The van der Waals surface area contributed by atoms with Crippen LogP contribution in [0.1, 0.15) is 47.4 Å². The lowest BCUT2D eigenvalue weighted by atomic mass is 10.1. The van der Waals surface area contributed by atoms with E-state index in [1.807, 2.05) is 53.7 Å². The van der Waals surface area contributed by atoms with Crippen LogP contribution in [0.25, 0.3) is 22.1 Å². The summed E-state index contributed by atoms with van der Waals surface area (Å²) in [5.41, 5.74) is 2.04. The molecule has 0 saturated heterocycles. The molecular formula is C21H29N5O3. The molecule has 3 heterocycles. The van der Waals surface area contributed by atoms with Crippen molar-refractivity contribution in [3.8, 4) is 0 Å². The molecule has 156 valence electrons. The molecule has 3 aromatic rings. The Kier molecular flexibility index (Phi) is 5.75. The van der Waals surface area contributed by atoms with Gasteiger partial charge in [0.15, 0.2) is 0 Å². The number of hydrogen-bond acceptors (Lipinski definition) is 6. The van der Waals surface area contributed by atoms with E-state index in [4.69, 9.17) is 14.5 Å². The van der Waals surface area contributed by atoms with Gasteiger partial charge in [-0.15, -0.1) is 0 Å². The fraction of sp³-hybridized carbons (Fsp3) is 0.524. The molecule has 0 saturated carbocycles. The molecule has 3 rings (SSSR count). The van der Waals surface area contributed by atoms with Gasteiger partial charge in [0.05, 0.1) is 22.8 Å². The molecule has 1 amide bonds. The molecular weight excluding hydrogens is 370 g/mol. The Morgan fingerprint density at radius 3 is 2.62 bits per heavy atom. The summed E-state index contributed by atoms with van der Waals surface area (Å²) in [7, 11) is 0. The van der Waals surface area contributed by atoms with Gasteiger partial charge >= 0.3 is 6.09 Å². The summed E-state index contributed by atoms with van der Waals surface area (Å²) in [4.78, 5) is 26.0. The highest BCUT2D eigenvalue weighted by atomic mass is 16.6. The SMILES string of the molecule is CCOCc1nc2cnc3cccnc3c2n1CC(C)(C)NC(=O)OC(C)(C)C. The Labute approximate surface area is 170 Å².